The first-order valence-electron chi connectivity index (χ1n) is 6.30. The van der Waals surface area contributed by atoms with Crippen molar-refractivity contribution in [2.75, 3.05) is 25.9 Å². The number of sulfone groups is 1. The molecule has 1 aliphatic carbocycles. The van der Waals surface area contributed by atoms with Gasteiger partial charge in [0.1, 0.15) is 0 Å². The van der Waals surface area contributed by atoms with Gasteiger partial charge < -0.3 is 10.2 Å². The molecule has 18 heavy (non-hydrogen) atoms. The van der Waals surface area contributed by atoms with Crippen LogP contribution in [0.4, 0.5) is 4.79 Å². The van der Waals surface area contributed by atoms with Gasteiger partial charge >= 0.3 is 6.03 Å². The summed E-state index contributed by atoms with van der Waals surface area (Å²) in [6.45, 7) is 1.90. The molecule has 0 aromatic heterocycles. The standard InChI is InChI=1S/C12H20N2O3S/c1-18(16,17)10-2-7-13-11(15)14-8-5-12(3-4-12)6-9-14/h2,10H,3-9H2,1H3,(H,13,15)/b10-2+. The average Bonchev–Trinajstić information content (AvgIpc) is 3.04. The first-order chi connectivity index (χ1) is 8.40. The van der Waals surface area contributed by atoms with E-state index in [4.69, 9.17) is 0 Å². The first kappa shape index (κ1) is 13.4. The maximum absolute atomic E-state index is 11.8. The van der Waals surface area contributed by atoms with Gasteiger partial charge in [0.05, 0.1) is 0 Å². The number of hydrogen-bond donors (Lipinski definition) is 1. The smallest absolute Gasteiger partial charge is 0.317 e. The van der Waals surface area contributed by atoms with Crippen LogP contribution in [-0.4, -0.2) is 45.2 Å². The maximum atomic E-state index is 11.8. The molecule has 1 spiro atoms. The number of nitrogens with one attached hydrogen (secondary N) is 1. The van der Waals surface area contributed by atoms with Crippen LogP contribution < -0.4 is 5.32 Å². The molecule has 0 unspecified atom stereocenters. The molecule has 2 amide bonds. The molecule has 0 aromatic rings. The summed E-state index contributed by atoms with van der Waals surface area (Å²) >= 11 is 0. The molecule has 6 heteroatoms. The summed E-state index contributed by atoms with van der Waals surface area (Å²) in [5.41, 5.74) is 0.562. The Balaban J connectivity index is 1.70. The van der Waals surface area contributed by atoms with Crippen molar-refractivity contribution in [2.45, 2.75) is 25.7 Å². The fourth-order valence-corrected chi connectivity index (χ4v) is 2.79. The Morgan fingerprint density at radius 2 is 1.89 bits per heavy atom. The largest absolute Gasteiger partial charge is 0.334 e. The van der Waals surface area contributed by atoms with Gasteiger partial charge in [0.25, 0.3) is 0 Å². The number of nitrogens with zero attached hydrogens (tertiary/aromatic N) is 1. The van der Waals surface area contributed by atoms with E-state index >= 15 is 0 Å². The number of rotatable bonds is 3. The summed E-state index contributed by atoms with van der Waals surface area (Å²) in [6.07, 6.45) is 7.45. The van der Waals surface area contributed by atoms with Gasteiger partial charge in [0, 0.05) is 31.3 Å². The lowest BCUT2D eigenvalue weighted by molar-refractivity contribution is 0.166. The minimum Gasteiger partial charge on any atom is -0.334 e. The predicted octanol–water partition coefficient (Wildman–Crippen LogP) is 1.13. The normalized spacial score (nSPS) is 22.4. The highest BCUT2D eigenvalue weighted by molar-refractivity contribution is 7.93. The van der Waals surface area contributed by atoms with Crippen molar-refractivity contribution in [3.63, 3.8) is 0 Å². The van der Waals surface area contributed by atoms with Gasteiger partial charge in [-0.15, -0.1) is 0 Å². The van der Waals surface area contributed by atoms with Crippen LogP contribution in [0, 0.1) is 5.41 Å². The van der Waals surface area contributed by atoms with Crippen LogP contribution in [0.5, 0.6) is 0 Å². The van der Waals surface area contributed by atoms with Crippen LogP contribution in [0.25, 0.3) is 0 Å². The molecular formula is C12H20N2O3S. The van der Waals surface area contributed by atoms with Crippen LogP contribution >= 0.6 is 0 Å². The molecule has 1 saturated heterocycles. The van der Waals surface area contributed by atoms with Crippen LogP contribution in [0.2, 0.25) is 0 Å². The van der Waals surface area contributed by atoms with Gasteiger partial charge in [-0.1, -0.05) is 6.08 Å². The first-order valence-corrected chi connectivity index (χ1v) is 8.25. The minimum atomic E-state index is -3.10. The second-order valence-corrected chi connectivity index (χ2v) is 7.31. The third-order valence-corrected chi connectivity index (χ3v) is 4.47. The molecular weight excluding hydrogens is 252 g/mol. The molecule has 0 aromatic carbocycles. The highest BCUT2D eigenvalue weighted by Gasteiger charge is 2.44. The lowest BCUT2D eigenvalue weighted by Crippen LogP contribution is -2.44. The van der Waals surface area contributed by atoms with Gasteiger partial charge in [0.2, 0.25) is 0 Å². The number of amides is 2. The van der Waals surface area contributed by atoms with Crippen molar-refractivity contribution in [1.29, 1.82) is 0 Å². The van der Waals surface area contributed by atoms with E-state index in [-0.39, 0.29) is 12.6 Å². The van der Waals surface area contributed by atoms with Crippen molar-refractivity contribution in [3.05, 3.63) is 11.5 Å². The zero-order valence-electron chi connectivity index (χ0n) is 10.7. The fraction of sp³-hybridized carbons (Fsp3) is 0.750. The van der Waals surface area contributed by atoms with E-state index < -0.39 is 9.84 Å². The molecule has 2 aliphatic rings. The van der Waals surface area contributed by atoms with Gasteiger partial charge in [-0.2, -0.15) is 0 Å². The van der Waals surface area contributed by atoms with Crippen molar-refractivity contribution in [1.82, 2.24) is 10.2 Å². The van der Waals surface area contributed by atoms with E-state index in [0.29, 0.717) is 5.41 Å². The van der Waals surface area contributed by atoms with Crippen LogP contribution in [-0.2, 0) is 9.84 Å². The second kappa shape index (κ2) is 4.91. The van der Waals surface area contributed by atoms with Gasteiger partial charge in [-0.05, 0) is 31.1 Å². The maximum Gasteiger partial charge on any atom is 0.317 e. The number of urea groups is 1. The highest BCUT2D eigenvalue weighted by atomic mass is 32.2. The molecule has 1 heterocycles. The number of carbonyl (C=O) groups is 1. The monoisotopic (exact) mass is 272 g/mol. The molecule has 2 fully saturated rings. The summed E-state index contributed by atoms with van der Waals surface area (Å²) in [7, 11) is -3.10. The summed E-state index contributed by atoms with van der Waals surface area (Å²) in [5, 5.41) is 3.82. The number of likely N-dealkylation sites (tertiary alicyclic amines) is 1. The zero-order chi connectivity index (χ0) is 13.2. The highest BCUT2D eigenvalue weighted by Crippen LogP contribution is 2.53. The average molecular weight is 272 g/mol. The van der Waals surface area contributed by atoms with Crippen LogP contribution in [0.15, 0.2) is 11.5 Å². The quantitative estimate of drug-likeness (QED) is 0.837. The van der Waals surface area contributed by atoms with Crippen molar-refractivity contribution >= 4 is 15.9 Å². The van der Waals surface area contributed by atoms with Crippen molar-refractivity contribution in [2.24, 2.45) is 5.41 Å². The molecule has 1 saturated carbocycles. The summed E-state index contributed by atoms with van der Waals surface area (Å²) in [6, 6.07) is -0.0938. The summed E-state index contributed by atoms with van der Waals surface area (Å²) < 4.78 is 21.7. The van der Waals surface area contributed by atoms with Gasteiger partial charge in [-0.3, -0.25) is 0 Å². The fourth-order valence-electron chi connectivity index (χ4n) is 2.34. The molecule has 0 radical (unpaired) electrons. The Hall–Kier alpha value is -1.04. The van der Waals surface area contributed by atoms with E-state index in [9.17, 15) is 13.2 Å². The molecule has 0 atom stereocenters. The van der Waals surface area contributed by atoms with E-state index in [0.717, 1.165) is 37.6 Å². The zero-order valence-corrected chi connectivity index (χ0v) is 11.5. The Morgan fingerprint density at radius 1 is 1.28 bits per heavy atom. The molecule has 1 N–H and O–H groups in total. The molecule has 102 valence electrons. The van der Waals surface area contributed by atoms with E-state index in [1.54, 1.807) is 0 Å². The third kappa shape index (κ3) is 3.73. The number of carbonyl (C=O) groups excluding carboxylic acids is 1. The SMILES string of the molecule is CS(=O)(=O)/C=C/CNC(=O)N1CCC2(CC1)CC2. The Bertz CT molecular complexity index is 442. The van der Waals surface area contributed by atoms with E-state index in [1.165, 1.54) is 18.9 Å². The van der Waals surface area contributed by atoms with E-state index in [2.05, 4.69) is 5.32 Å². The molecule has 1 aliphatic heterocycles. The van der Waals surface area contributed by atoms with Crippen LogP contribution in [0.1, 0.15) is 25.7 Å². The molecule has 2 rings (SSSR count). The number of piperidine rings is 1. The summed E-state index contributed by atoms with van der Waals surface area (Å²) in [4.78, 5) is 13.6. The van der Waals surface area contributed by atoms with Crippen LogP contribution in [0.3, 0.4) is 0 Å². The lowest BCUT2D eigenvalue weighted by atomic mass is 9.94. The topological polar surface area (TPSA) is 66.5 Å². The molecule has 0 bridgehead atoms. The van der Waals surface area contributed by atoms with Gasteiger partial charge in [0.15, 0.2) is 9.84 Å². The van der Waals surface area contributed by atoms with E-state index in [1.807, 2.05) is 4.90 Å². The predicted molar refractivity (Wildman–Crippen MR) is 69.9 cm³/mol. The lowest BCUT2D eigenvalue weighted by Gasteiger charge is -2.32. The molecule has 5 nitrogen and oxygen atoms in total. The Kier molecular flexibility index (Phi) is 3.66. The Morgan fingerprint density at radius 3 is 2.39 bits per heavy atom. The Labute approximate surface area is 108 Å². The minimum absolute atomic E-state index is 0.0938. The van der Waals surface area contributed by atoms with Crippen molar-refractivity contribution in [3.8, 4) is 0 Å². The van der Waals surface area contributed by atoms with Crippen molar-refractivity contribution < 1.29 is 13.2 Å². The summed E-state index contributed by atoms with van der Waals surface area (Å²) in [5.74, 6) is 0. The van der Waals surface area contributed by atoms with Gasteiger partial charge in [-0.25, -0.2) is 13.2 Å². The third-order valence-electron chi connectivity index (χ3n) is 3.78. The number of hydrogen-bond acceptors (Lipinski definition) is 3. The second-order valence-electron chi connectivity index (χ2n) is 5.37.